The molecule has 0 aliphatic rings. The van der Waals surface area contributed by atoms with Crippen LogP contribution in [-0.2, 0) is 0 Å². The largest absolute Gasteiger partial charge is 0.508 e. The highest BCUT2D eigenvalue weighted by molar-refractivity contribution is 5.41. The lowest BCUT2D eigenvalue weighted by Crippen LogP contribution is -2.15. The molecular weight excluding hydrogens is 328 g/mol. The van der Waals surface area contributed by atoms with Gasteiger partial charge in [-0.2, -0.15) is 0 Å². The molecule has 2 N–H and O–H groups in total. The molecule has 2 atom stereocenters. The maximum atomic E-state index is 12.7. The SMILES string of the molecule is CCC(c1ccccc1)c1c(O)cc(C(C)c2ccc(O)cc2)oc1=O. The minimum atomic E-state index is -0.513. The Labute approximate surface area is 152 Å². The molecule has 0 fully saturated rings. The van der Waals surface area contributed by atoms with Crippen LogP contribution >= 0.6 is 0 Å². The van der Waals surface area contributed by atoms with E-state index in [0.717, 1.165) is 11.1 Å². The van der Waals surface area contributed by atoms with Crippen molar-refractivity contribution >= 4 is 0 Å². The lowest BCUT2D eigenvalue weighted by atomic mass is 9.89. The first-order valence-electron chi connectivity index (χ1n) is 8.72. The number of benzene rings is 2. The average molecular weight is 350 g/mol. The van der Waals surface area contributed by atoms with E-state index >= 15 is 0 Å². The molecule has 0 saturated carbocycles. The molecule has 0 bridgehead atoms. The summed E-state index contributed by atoms with van der Waals surface area (Å²) in [6.45, 7) is 3.86. The quantitative estimate of drug-likeness (QED) is 0.697. The van der Waals surface area contributed by atoms with Crippen LogP contribution in [0.15, 0.2) is 69.9 Å². The first-order valence-corrected chi connectivity index (χ1v) is 8.72. The molecule has 3 aromatic rings. The van der Waals surface area contributed by atoms with Gasteiger partial charge in [0.05, 0.1) is 5.56 Å². The van der Waals surface area contributed by atoms with E-state index in [-0.39, 0.29) is 23.3 Å². The van der Waals surface area contributed by atoms with Crippen LogP contribution in [0.5, 0.6) is 11.5 Å². The van der Waals surface area contributed by atoms with Crippen molar-refractivity contribution < 1.29 is 14.6 Å². The van der Waals surface area contributed by atoms with E-state index < -0.39 is 5.63 Å². The van der Waals surface area contributed by atoms with Crippen LogP contribution in [0.4, 0.5) is 0 Å². The molecule has 0 radical (unpaired) electrons. The van der Waals surface area contributed by atoms with Gasteiger partial charge in [-0.1, -0.05) is 56.3 Å². The summed E-state index contributed by atoms with van der Waals surface area (Å²) in [6.07, 6.45) is 0.676. The fraction of sp³-hybridized carbons (Fsp3) is 0.227. The number of rotatable bonds is 5. The summed E-state index contributed by atoms with van der Waals surface area (Å²) in [7, 11) is 0. The second-order valence-electron chi connectivity index (χ2n) is 6.42. The predicted molar refractivity (Wildman–Crippen MR) is 101 cm³/mol. The molecule has 0 saturated heterocycles. The molecular formula is C22H22O4. The summed E-state index contributed by atoms with van der Waals surface area (Å²) >= 11 is 0. The van der Waals surface area contributed by atoms with Gasteiger partial charge < -0.3 is 14.6 Å². The molecule has 0 aliphatic heterocycles. The summed E-state index contributed by atoms with van der Waals surface area (Å²) in [5.41, 5.74) is 1.63. The zero-order chi connectivity index (χ0) is 18.7. The Morgan fingerprint density at radius 2 is 1.62 bits per heavy atom. The molecule has 134 valence electrons. The third kappa shape index (κ3) is 3.49. The normalized spacial score (nSPS) is 13.3. The molecule has 0 aliphatic carbocycles. The Balaban J connectivity index is 2.01. The molecule has 1 aromatic heterocycles. The van der Waals surface area contributed by atoms with E-state index in [1.807, 2.05) is 44.2 Å². The van der Waals surface area contributed by atoms with Crippen LogP contribution in [-0.4, -0.2) is 10.2 Å². The summed E-state index contributed by atoms with van der Waals surface area (Å²) in [6, 6.07) is 17.9. The van der Waals surface area contributed by atoms with Crippen molar-refractivity contribution in [3.63, 3.8) is 0 Å². The fourth-order valence-electron chi connectivity index (χ4n) is 3.26. The van der Waals surface area contributed by atoms with Gasteiger partial charge in [0.15, 0.2) is 0 Å². The summed E-state index contributed by atoms with van der Waals surface area (Å²) in [5.74, 6) is 0.0854. The summed E-state index contributed by atoms with van der Waals surface area (Å²) in [4.78, 5) is 12.7. The number of phenols is 1. The monoisotopic (exact) mass is 350 g/mol. The Morgan fingerprint density at radius 1 is 0.962 bits per heavy atom. The molecule has 2 unspecified atom stereocenters. The molecule has 4 heteroatoms. The van der Waals surface area contributed by atoms with Crippen LogP contribution in [0.2, 0.25) is 0 Å². The summed E-state index contributed by atoms with van der Waals surface area (Å²) in [5, 5.41) is 20.0. The van der Waals surface area contributed by atoms with E-state index in [1.54, 1.807) is 24.3 Å². The van der Waals surface area contributed by atoms with Gasteiger partial charge in [-0.05, 0) is 29.7 Å². The van der Waals surface area contributed by atoms with E-state index in [9.17, 15) is 15.0 Å². The number of aromatic hydroxyl groups is 2. The van der Waals surface area contributed by atoms with E-state index in [0.29, 0.717) is 17.7 Å². The van der Waals surface area contributed by atoms with Crippen molar-refractivity contribution in [3.8, 4) is 11.5 Å². The maximum Gasteiger partial charge on any atom is 0.343 e. The van der Waals surface area contributed by atoms with Gasteiger partial charge in [-0.3, -0.25) is 0 Å². The molecule has 0 spiro atoms. The molecule has 4 nitrogen and oxygen atoms in total. The predicted octanol–water partition coefficient (Wildman–Crippen LogP) is 4.74. The van der Waals surface area contributed by atoms with E-state index in [4.69, 9.17) is 4.42 Å². The highest BCUT2D eigenvalue weighted by atomic mass is 16.4. The van der Waals surface area contributed by atoms with Crippen LogP contribution in [0, 0.1) is 0 Å². The molecule has 3 rings (SSSR count). The van der Waals surface area contributed by atoms with E-state index in [2.05, 4.69) is 0 Å². The van der Waals surface area contributed by atoms with Crippen LogP contribution in [0.25, 0.3) is 0 Å². The number of hydrogen-bond donors (Lipinski definition) is 2. The maximum absolute atomic E-state index is 12.7. The van der Waals surface area contributed by atoms with Gasteiger partial charge in [0.1, 0.15) is 17.3 Å². The first kappa shape index (κ1) is 17.8. The van der Waals surface area contributed by atoms with Crippen LogP contribution < -0.4 is 5.63 Å². The van der Waals surface area contributed by atoms with Gasteiger partial charge in [0.25, 0.3) is 0 Å². The minimum Gasteiger partial charge on any atom is -0.508 e. The molecule has 2 aromatic carbocycles. The number of hydrogen-bond acceptors (Lipinski definition) is 4. The molecule has 1 heterocycles. The highest BCUT2D eigenvalue weighted by Gasteiger charge is 2.23. The van der Waals surface area contributed by atoms with Gasteiger partial charge in [0, 0.05) is 17.9 Å². The molecule has 0 amide bonds. The van der Waals surface area contributed by atoms with Gasteiger partial charge in [0.2, 0.25) is 0 Å². The third-order valence-corrected chi connectivity index (χ3v) is 4.76. The minimum absolute atomic E-state index is 0.0439. The van der Waals surface area contributed by atoms with Crippen molar-refractivity contribution in [2.75, 3.05) is 0 Å². The lowest BCUT2D eigenvalue weighted by molar-refractivity contribution is 0.400. The average Bonchev–Trinajstić information content (AvgIpc) is 2.65. The Bertz CT molecular complexity index is 927. The standard InChI is InChI=1S/C22H22O4/c1-3-18(16-7-5-4-6-8-16)21-19(24)13-20(26-22(21)25)14(2)15-9-11-17(23)12-10-15/h4-14,18,23-24H,3H2,1-2H3. The Hall–Kier alpha value is -3.01. The zero-order valence-electron chi connectivity index (χ0n) is 14.8. The molecule has 26 heavy (non-hydrogen) atoms. The highest BCUT2D eigenvalue weighted by Crippen LogP contribution is 2.34. The van der Waals surface area contributed by atoms with Gasteiger partial charge >= 0.3 is 5.63 Å². The van der Waals surface area contributed by atoms with Crippen molar-refractivity contribution in [2.45, 2.75) is 32.1 Å². The lowest BCUT2D eigenvalue weighted by Gasteiger charge is -2.18. The smallest absolute Gasteiger partial charge is 0.343 e. The fourth-order valence-corrected chi connectivity index (χ4v) is 3.26. The van der Waals surface area contributed by atoms with Crippen molar-refractivity contribution in [1.82, 2.24) is 0 Å². The van der Waals surface area contributed by atoms with Crippen LogP contribution in [0.1, 0.15) is 54.6 Å². The van der Waals surface area contributed by atoms with Crippen molar-refractivity contribution in [3.05, 3.63) is 93.5 Å². The van der Waals surface area contributed by atoms with Crippen molar-refractivity contribution in [1.29, 1.82) is 0 Å². The Morgan fingerprint density at radius 3 is 2.19 bits per heavy atom. The summed E-state index contributed by atoms with van der Waals surface area (Å²) < 4.78 is 5.56. The first-order chi connectivity index (χ1) is 12.5. The second kappa shape index (κ2) is 7.48. The zero-order valence-corrected chi connectivity index (χ0v) is 14.8. The van der Waals surface area contributed by atoms with E-state index in [1.165, 1.54) is 6.07 Å². The van der Waals surface area contributed by atoms with Crippen molar-refractivity contribution in [2.24, 2.45) is 0 Å². The number of phenolic OH excluding ortho intramolecular Hbond substituents is 1. The van der Waals surface area contributed by atoms with Gasteiger partial charge in [-0.25, -0.2) is 4.79 Å². The third-order valence-electron chi connectivity index (χ3n) is 4.76. The Kier molecular flexibility index (Phi) is 5.12. The van der Waals surface area contributed by atoms with Crippen LogP contribution in [0.3, 0.4) is 0 Å². The van der Waals surface area contributed by atoms with Gasteiger partial charge in [-0.15, -0.1) is 0 Å². The second-order valence-corrected chi connectivity index (χ2v) is 6.42. The topological polar surface area (TPSA) is 70.7 Å².